The van der Waals surface area contributed by atoms with Crippen LogP contribution in [0.15, 0.2) is 30.3 Å². The SMILES string of the molecule is COc1cc(OC)cc(C2OCC(Cc3cc(OC)c(O)c(OC)c3)C2CO)c1. The first kappa shape index (κ1) is 21.1. The molecule has 3 rings (SSSR count). The number of rotatable bonds is 8. The first-order valence-corrected chi connectivity index (χ1v) is 9.43. The number of phenolic OH excluding ortho intramolecular Hbond substituents is 1. The van der Waals surface area contributed by atoms with Crippen molar-refractivity contribution in [2.24, 2.45) is 11.8 Å². The normalized spacial score (nSPS) is 21.1. The van der Waals surface area contributed by atoms with E-state index in [1.54, 1.807) is 32.4 Å². The minimum absolute atomic E-state index is 0.0127. The van der Waals surface area contributed by atoms with Gasteiger partial charge in [0.1, 0.15) is 11.5 Å². The third-order valence-corrected chi connectivity index (χ3v) is 5.43. The molecular weight excluding hydrogens is 376 g/mol. The number of phenols is 1. The number of hydrogen-bond acceptors (Lipinski definition) is 7. The van der Waals surface area contributed by atoms with Crippen LogP contribution in [0.2, 0.25) is 0 Å². The predicted molar refractivity (Wildman–Crippen MR) is 107 cm³/mol. The molecule has 3 atom stereocenters. The quantitative estimate of drug-likeness (QED) is 0.699. The van der Waals surface area contributed by atoms with Crippen LogP contribution < -0.4 is 18.9 Å². The zero-order chi connectivity index (χ0) is 21.0. The fourth-order valence-electron chi connectivity index (χ4n) is 3.88. The summed E-state index contributed by atoms with van der Waals surface area (Å²) in [5.74, 6) is 2.02. The summed E-state index contributed by atoms with van der Waals surface area (Å²) in [6.07, 6.45) is 0.380. The molecule has 1 aliphatic rings. The van der Waals surface area contributed by atoms with Gasteiger partial charge in [0.15, 0.2) is 11.5 Å². The summed E-state index contributed by atoms with van der Waals surface area (Å²) in [5.41, 5.74) is 1.84. The van der Waals surface area contributed by atoms with E-state index in [0.29, 0.717) is 36.0 Å². The van der Waals surface area contributed by atoms with Crippen LogP contribution in [0.5, 0.6) is 28.7 Å². The van der Waals surface area contributed by atoms with Gasteiger partial charge in [-0.15, -0.1) is 0 Å². The molecular formula is C22H28O7. The van der Waals surface area contributed by atoms with E-state index in [1.165, 1.54) is 14.2 Å². The molecule has 2 aromatic carbocycles. The largest absolute Gasteiger partial charge is 0.502 e. The minimum atomic E-state index is -0.269. The summed E-state index contributed by atoms with van der Waals surface area (Å²) in [4.78, 5) is 0. The Balaban J connectivity index is 1.85. The van der Waals surface area contributed by atoms with E-state index < -0.39 is 0 Å². The summed E-state index contributed by atoms with van der Waals surface area (Å²) >= 11 is 0. The highest BCUT2D eigenvalue weighted by Gasteiger charge is 2.38. The summed E-state index contributed by atoms with van der Waals surface area (Å²) < 4.78 is 27.3. The number of aliphatic hydroxyl groups is 1. The Bertz CT molecular complexity index is 789. The monoisotopic (exact) mass is 404 g/mol. The Morgan fingerprint density at radius 1 is 0.897 bits per heavy atom. The average Bonchev–Trinajstić information content (AvgIpc) is 3.16. The lowest BCUT2D eigenvalue weighted by molar-refractivity contribution is 0.0715. The molecule has 7 heteroatoms. The molecule has 29 heavy (non-hydrogen) atoms. The lowest BCUT2D eigenvalue weighted by Crippen LogP contribution is -2.21. The first-order valence-electron chi connectivity index (χ1n) is 9.43. The molecule has 2 aromatic rings. The van der Waals surface area contributed by atoms with Crippen molar-refractivity contribution >= 4 is 0 Å². The molecule has 0 amide bonds. The fraction of sp³-hybridized carbons (Fsp3) is 0.455. The molecule has 0 bridgehead atoms. The average molecular weight is 404 g/mol. The van der Waals surface area contributed by atoms with E-state index in [2.05, 4.69) is 0 Å². The Morgan fingerprint density at radius 3 is 1.97 bits per heavy atom. The van der Waals surface area contributed by atoms with Crippen LogP contribution in [0, 0.1) is 11.8 Å². The van der Waals surface area contributed by atoms with Gasteiger partial charge in [-0.05, 0) is 47.7 Å². The molecule has 0 spiro atoms. The van der Waals surface area contributed by atoms with E-state index >= 15 is 0 Å². The molecule has 1 fully saturated rings. The zero-order valence-electron chi connectivity index (χ0n) is 17.2. The summed E-state index contributed by atoms with van der Waals surface area (Å²) in [5, 5.41) is 20.2. The second kappa shape index (κ2) is 9.24. The van der Waals surface area contributed by atoms with Crippen LogP contribution in [0.1, 0.15) is 17.2 Å². The summed E-state index contributed by atoms with van der Waals surface area (Å²) in [6.45, 7) is 0.488. The van der Waals surface area contributed by atoms with Crippen LogP contribution in [0.4, 0.5) is 0 Å². The van der Waals surface area contributed by atoms with Gasteiger partial charge >= 0.3 is 0 Å². The van der Waals surface area contributed by atoms with Crippen molar-refractivity contribution in [2.75, 3.05) is 41.7 Å². The van der Waals surface area contributed by atoms with Crippen LogP contribution in [-0.2, 0) is 11.2 Å². The second-order valence-electron chi connectivity index (χ2n) is 7.06. The van der Waals surface area contributed by atoms with Crippen molar-refractivity contribution in [1.82, 2.24) is 0 Å². The van der Waals surface area contributed by atoms with Gasteiger partial charge in [-0.2, -0.15) is 0 Å². The van der Waals surface area contributed by atoms with Gasteiger partial charge in [0.05, 0.1) is 41.2 Å². The second-order valence-corrected chi connectivity index (χ2v) is 7.06. The molecule has 158 valence electrons. The number of methoxy groups -OCH3 is 4. The fourth-order valence-corrected chi connectivity index (χ4v) is 3.88. The molecule has 0 aliphatic carbocycles. The maximum Gasteiger partial charge on any atom is 0.200 e. The maximum atomic E-state index is 10.1. The summed E-state index contributed by atoms with van der Waals surface area (Å²) in [6, 6.07) is 9.19. The van der Waals surface area contributed by atoms with E-state index in [9.17, 15) is 10.2 Å². The highest BCUT2D eigenvalue weighted by Crippen LogP contribution is 2.43. The summed E-state index contributed by atoms with van der Waals surface area (Å²) in [7, 11) is 6.21. The van der Waals surface area contributed by atoms with Crippen molar-refractivity contribution in [1.29, 1.82) is 0 Å². The molecule has 0 radical (unpaired) electrons. The smallest absolute Gasteiger partial charge is 0.200 e. The Labute approximate surface area is 170 Å². The highest BCUT2D eigenvalue weighted by molar-refractivity contribution is 5.53. The lowest BCUT2D eigenvalue weighted by atomic mass is 9.84. The number of aromatic hydroxyl groups is 1. The van der Waals surface area contributed by atoms with E-state index in [4.69, 9.17) is 23.7 Å². The predicted octanol–water partition coefficient (Wildman–Crippen LogP) is 2.97. The number of hydrogen-bond donors (Lipinski definition) is 2. The molecule has 2 N–H and O–H groups in total. The number of aliphatic hydroxyl groups excluding tert-OH is 1. The minimum Gasteiger partial charge on any atom is -0.502 e. The van der Waals surface area contributed by atoms with Crippen molar-refractivity contribution in [2.45, 2.75) is 12.5 Å². The Morgan fingerprint density at radius 2 is 1.48 bits per heavy atom. The van der Waals surface area contributed by atoms with E-state index in [0.717, 1.165) is 11.1 Å². The van der Waals surface area contributed by atoms with Gasteiger partial charge in [0.2, 0.25) is 5.75 Å². The molecule has 1 saturated heterocycles. The van der Waals surface area contributed by atoms with E-state index in [-0.39, 0.29) is 30.3 Å². The van der Waals surface area contributed by atoms with Crippen LogP contribution in [0.3, 0.4) is 0 Å². The number of ether oxygens (including phenoxy) is 5. The van der Waals surface area contributed by atoms with Gasteiger partial charge in [-0.25, -0.2) is 0 Å². The number of benzene rings is 2. The molecule has 1 aliphatic heterocycles. The Kier molecular flexibility index (Phi) is 6.71. The topological polar surface area (TPSA) is 86.6 Å². The standard InChI is InChI=1S/C22H28O7/c1-25-16-8-14(9-17(10-16)26-2)22-18(11-23)15(12-29-22)5-13-6-19(27-3)21(24)20(7-13)28-4/h6-10,15,18,22-24H,5,11-12H2,1-4H3. The first-order chi connectivity index (χ1) is 14.0. The molecule has 1 heterocycles. The molecule has 3 unspecified atom stereocenters. The van der Waals surface area contributed by atoms with Crippen molar-refractivity contribution in [3.63, 3.8) is 0 Å². The third kappa shape index (κ3) is 4.36. The lowest BCUT2D eigenvalue weighted by Gasteiger charge is -2.22. The maximum absolute atomic E-state index is 10.1. The van der Waals surface area contributed by atoms with Crippen LogP contribution in [0.25, 0.3) is 0 Å². The zero-order valence-corrected chi connectivity index (χ0v) is 17.2. The van der Waals surface area contributed by atoms with Gasteiger partial charge in [0, 0.05) is 18.6 Å². The highest BCUT2D eigenvalue weighted by atomic mass is 16.5. The van der Waals surface area contributed by atoms with Crippen molar-refractivity contribution in [3.8, 4) is 28.7 Å². The van der Waals surface area contributed by atoms with E-state index in [1.807, 2.05) is 12.1 Å². The van der Waals surface area contributed by atoms with Gasteiger partial charge in [-0.1, -0.05) is 0 Å². The Hall–Kier alpha value is -2.64. The molecule has 0 aromatic heterocycles. The molecule has 0 saturated carbocycles. The van der Waals surface area contributed by atoms with Crippen LogP contribution >= 0.6 is 0 Å². The van der Waals surface area contributed by atoms with Crippen molar-refractivity contribution in [3.05, 3.63) is 41.5 Å². The van der Waals surface area contributed by atoms with Gasteiger partial charge in [-0.3, -0.25) is 0 Å². The van der Waals surface area contributed by atoms with Crippen LogP contribution in [-0.4, -0.2) is 51.9 Å². The van der Waals surface area contributed by atoms with Gasteiger partial charge in [0.25, 0.3) is 0 Å². The third-order valence-electron chi connectivity index (χ3n) is 5.43. The van der Waals surface area contributed by atoms with Crippen molar-refractivity contribution < 1.29 is 33.9 Å². The molecule has 7 nitrogen and oxygen atoms in total. The van der Waals surface area contributed by atoms with Gasteiger partial charge < -0.3 is 33.9 Å².